The van der Waals surface area contributed by atoms with Crippen LogP contribution in [0.4, 0.5) is 4.39 Å². The summed E-state index contributed by atoms with van der Waals surface area (Å²) in [5.41, 5.74) is 2.35. The van der Waals surface area contributed by atoms with Gasteiger partial charge in [-0.1, -0.05) is 76.1 Å². The summed E-state index contributed by atoms with van der Waals surface area (Å²) in [7, 11) is -2.04. The number of benzene rings is 2. The number of carbonyl (C=O) groups is 2. The third-order valence-electron chi connectivity index (χ3n) is 8.18. The fourth-order valence-electron chi connectivity index (χ4n) is 4.71. The molecule has 40 heavy (non-hydrogen) atoms. The van der Waals surface area contributed by atoms with Gasteiger partial charge in [-0.3, -0.25) is 9.59 Å². The van der Waals surface area contributed by atoms with E-state index in [0.717, 1.165) is 43.4 Å². The summed E-state index contributed by atoms with van der Waals surface area (Å²) >= 11 is 1.72. The lowest BCUT2D eigenvalue weighted by Crippen LogP contribution is -2.65. The van der Waals surface area contributed by atoms with Gasteiger partial charge in [0.05, 0.1) is 17.4 Å². The lowest BCUT2D eigenvalue weighted by Gasteiger charge is -2.50. The van der Waals surface area contributed by atoms with E-state index in [4.69, 9.17) is 4.43 Å². The Morgan fingerprint density at radius 2 is 1.68 bits per heavy atom. The molecule has 2 amide bonds. The van der Waals surface area contributed by atoms with Crippen molar-refractivity contribution in [3.05, 3.63) is 71.5 Å². The Labute approximate surface area is 245 Å². The molecule has 0 saturated carbocycles. The molecule has 1 aliphatic rings. The minimum absolute atomic E-state index is 0.00714. The summed E-state index contributed by atoms with van der Waals surface area (Å²) < 4.78 is 19.6. The van der Waals surface area contributed by atoms with Gasteiger partial charge < -0.3 is 14.6 Å². The first-order chi connectivity index (χ1) is 18.9. The molecule has 0 bridgehead atoms. The summed E-state index contributed by atoms with van der Waals surface area (Å²) in [6.07, 6.45) is 4.75. The van der Waals surface area contributed by atoms with Crippen LogP contribution in [0.3, 0.4) is 0 Å². The number of unbranched alkanes of at least 4 members (excludes halogenated alkanes) is 3. The molecule has 1 heterocycles. The molecule has 0 aliphatic carbocycles. The van der Waals surface area contributed by atoms with E-state index in [0.29, 0.717) is 6.54 Å². The molecule has 0 aromatic heterocycles. The zero-order valence-corrected chi connectivity index (χ0v) is 26.9. The van der Waals surface area contributed by atoms with E-state index in [9.17, 15) is 14.0 Å². The average Bonchev–Trinajstić information content (AvgIpc) is 2.89. The van der Waals surface area contributed by atoms with Crippen molar-refractivity contribution in [1.82, 2.24) is 10.2 Å². The number of β-lactam (4-membered cyclic amide) rings is 1. The number of likely N-dealkylation sites (tertiary alicyclic amines) is 1. The topological polar surface area (TPSA) is 58.6 Å². The van der Waals surface area contributed by atoms with Crippen LogP contribution >= 0.6 is 11.8 Å². The summed E-state index contributed by atoms with van der Waals surface area (Å²) in [6.45, 7) is 13.8. The number of thioether (sulfide) groups is 1. The van der Waals surface area contributed by atoms with Crippen LogP contribution in [0.5, 0.6) is 0 Å². The first kappa shape index (κ1) is 32.4. The molecule has 1 fully saturated rings. The van der Waals surface area contributed by atoms with Gasteiger partial charge in [-0.05, 0) is 67.6 Å². The number of rotatable bonds is 15. The van der Waals surface area contributed by atoms with E-state index in [2.05, 4.69) is 51.3 Å². The second-order valence-corrected chi connectivity index (χ2v) is 18.3. The van der Waals surface area contributed by atoms with Crippen molar-refractivity contribution in [3.63, 3.8) is 0 Å². The molecule has 0 spiro atoms. The van der Waals surface area contributed by atoms with Gasteiger partial charge >= 0.3 is 0 Å². The highest BCUT2D eigenvalue weighted by Gasteiger charge is 2.53. The molecular formula is C32H47FN2O3SSi. The zero-order chi connectivity index (χ0) is 29.3. The minimum Gasteiger partial charge on any atom is -0.413 e. The molecule has 3 atom stereocenters. The Bertz CT molecular complexity index is 1090. The number of nitrogens with zero attached hydrogens (tertiary/aromatic N) is 1. The van der Waals surface area contributed by atoms with Crippen molar-refractivity contribution < 1.29 is 18.4 Å². The van der Waals surface area contributed by atoms with Gasteiger partial charge in [0.1, 0.15) is 12.4 Å². The molecule has 0 radical (unpaired) electrons. The van der Waals surface area contributed by atoms with Crippen molar-refractivity contribution in [2.45, 2.75) is 95.2 Å². The SMILES string of the molecule is C[C@@H](O[Si](C)(C)C(C)(C)C)[C@H]1C(=O)N(CC(=O)NCCCCCCc2ccc(F)cc2)[C@@H]1SCc1ccccc1. The van der Waals surface area contributed by atoms with E-state index >= 15 is 0 Å². The van der Waals surface area contributed by atoms with Gasteiger partial charge in [-0.25, -0.2) is 4.39 Å². The van der Waals surface area contributed by atoms with E-state index in [1.807, 2.05) is 37.3 Å². The Hall–Kier alpha value is -2.16. The van der Waals surface area contributed by atoms with Crippen molar-refractivity contribution in [3.8, 4) is 0 Å². The Morgan fingerprint density at radius 3 is 2.33 bits per heavy atom. The number of amides is 2. The number of halogens is 1. The molecule has 3 rings (SSSR count). The molecule has 1 N–H and O–H groups in total. The van der Waals surface area contributed by atoms with Crippen molar-refractivity contribution in [2.24, 2.45) is 5.92 Å². The Balaban J connectivity index is 1.47. The van der Waals surface area contributed by atoms with Crippen LogP contribution in [0.2, 0.25) is 18.1 Å². The van der Waals surface area contributed by atoms with E-state index < -0.39 is 8.32 Å². The number of hydrogen-bond acceptors (Lipinski definition) is 4. The van der Waals surface area contributed by atoms with E-state index in [1.54, 1.807) is 16.7 Å². The number of aryl methyl sites for hydroxylation is 1. The lowest BCUT2D eigenvalue weighted by molar-refractivity contribution is -0.158. The van der Waals surface area contributed by atoms with Crippen LogP contribution in [0.25, 0.3) is 0 Å². The highest BCUT2D eigenvalue weighted by molar-refractivity contribution is 7.99. The maximum Gasteiger partial charge on any atom is 0.239 e. The van der Waals surface area contributed by atoms with Crippen molar-refractivity contribution in [2.75, 3.05) is 13.1 Å². The molecule has 5 nitrogen and oxygen atoms in total. The summed E-state index contributed by atoms with van der Waals surface area (Å²) in [4.78, 5) is 27.8. The molecule has 2 aromatic carbocycles. The smallest absolute Gasteiger partial charge is 0.239 e. The Morgan fingerprint density at radius 1 is 1.02 bits per heavy atom. The van der Waals surface area contributed by atoms with Crippen LogP contribution in [0.1, 0.15) is 64.5 Å². The highest BCUT2D eigenvalue weighted by Crippen LogP contribution is 2.43. The van der Waals surface area contributed by atoms with Crippen LogP contribution in [-0.2, 0) is 26.2 Å². The minimum atomic E-state index is -2.04. The largest absolute Gasteiger partial charge is 0.413 e. The van der Waals surface area contributed by atoms with Crippen LogP contribution < -0.4 is 5.32 Å². The maximum absolute atomic E-state index is 13.3. The lowest BCUT2D eigenvalue weighted by atomic mass is 9.93. The molecule has 0 unspecified atom stereocenters. The molecular weight excluding hydrogens is 540 g/mol. The zero-order valence-electron chi connectivity index (χ0n) is 25.0. The molecule has 2 aromatic rings. The van der Waals surface area contributed by atoms with Gasteiger partial charge in [0.15, 0.2) is 8.32 Å². The Kier molecular flexibility index (Phi) is 11.8. The van der Waals surface area contributed by atoms with Gasteiger partial charge in [0.25, 0.3) is 0 Å². The molecule has 1 saturated heterocycles. The van der Waals surface area contributed by atoms with Crippen molar-refractivity contribution >= 4 is 31.9 Å². The second kappa shape index (κ2) is 14.6. The number of carbonyl (C=O) groups excluding carboxylic acids is 2. The third kappa shape index (κ3) is 9.18. The fraction of sp³-hybridized carbons (Fsp3) is 0.562. The predicted octanol–water partition coefficient (Wildman–Crippen LogP) is 7.17. The van der Waals surface area contributed by atoms with Gasteiger partial charge in [-0.2, -0.15) is 0 Å². The van der Waals surface area contributed by atoms with Gasteiger partial charge in [0.2, 0.25) is 11.8 Å². The first-order valence-corrected chi connectivity index (χ1v) is 18.5. The van der Waals surface area contributed by atoms with E-state index in [-0.39, 0.29) is 46.6 Å². The second-order valence-electron chi connectivity index (χ2n) is 12.4. The summed E-state index contributed by atoms with van der Waals surface area (Å²) in [5.74, 6) is 0.217. The quantitative estimate of drug-likeness (QED) is 0.137. The predicted molar refractivity (Wildman–Crippen MR) is 166 cm³/mol. The van der Waals surface area contributed by atoms with Crippen LogP contribution in [0.15, 0.2) is 54.6 Å². The number of hydrogen-bond donors (Lipinski definition) is 1. The summed E-state index contributed by atoms with van der Waals surface area (Å²) in [5, 5.41) is 2.97. The molecule has 8 heteroatoms. The third-order valence-corrected chi connectivity index (χ3v) is 14.1. The van der Waals surface area contributed by atoms with E-state index in [1.165, 1.54) is 17.7 Å². The molecule has 220 valence electrons. The van der Waals surface area contributed by atoms with Crippen LogP contribution in [-0.4, -0.2) is 49.6 Å². The van der Waals surface area contributed by atoms with Crippen LogP contribution in [0, 0.1) is 11.7 Å². The normalized spacial score (nSPS) is 18.4. The van der Waals surface area contributed by atoms with Gasteiger partial charge in [0, 0.05) is 12.3 Å². The monoisotopic (exact) mass is 586 g/mol. The maximum atomic E-state index is 13.3. The summed E-state index contributed by atoms with van der Waals surface area (Å²) in [6, 6.07) is 16.9. The highest BCUT2D eigenvalue weighted by atomic mass is 32.2. The standard InChI is InChI=1S/C32H47FN2O3SSi/c1-24(38-40(5,6)32(2,3)4)29-30(37)35(31(29)39-23-26-15-11-9-12-16-26)22-28(36)34-21-13-8-7-10-14-25-17-19-27(33)20-18-25/h9,11-12,15-20,24,29,31H,7-8,10,13-14,21-23H2,1-6H3,(H,34,36)/t24-,29+,31-/m1/s1. The average molecular weight is 587 g/mol. The first-order valence-electron chi connectivity index (χ1n) is 14.5. The fourth-order valence-corrected chi connectivity index (χ4v) is 7.60. The van der Waals surface area contributed by atoms with Gasteiger partial charge in [-0.15, -0.1) is 11.8 Å². The number of nitrogens with one attached hydrogen (secondary N) is 1. The van der Waals surface area contributed by atoms with Crippen molar-refractivity contribution in [1.29, 1.82) is 0 Å². The molecule has 1 aliphatic heterocycles.